The summed E-state index contributed by atoms with van der Waals surface area (Å²) < 4.78 is 16.0. The Balaban J connectivity index is 1.85. The normalized spacial score (nSPS) is 20.0. The summed E-state index contributed by atoms with van der Waals surface area (Å²) in [5.41, 5.74) is 3.00. The number of halogens is 1. The van der Waals surface area contributed by atoms with Crippen LogP contribution in [0.2, 0.25) is 0 Å². The van der Waals surface area contributed by atoms with Crippen molar-refractivity contribution in [2.75, 3.05) is 0 Å². The molecule has 4 nitrogen and oxygen atoms in total. The fourth-order valence-electron chi connectivity index (χ4n) is 4.18. The molecule has 27 heavy (non-hydrogen) atoms. The topological polar surface area (TPSA) is 57.1 Å². The van der Waals surface area contributed by atoms with Crippen LogP contribution >= 0.6 is 0 Å². The molecule has 1 fully saturated rings. The van der Waals surface area contributed by atoms with Crippen molar-refractivity contribution in [2.45, 2.75) is 65.6 Å². The van der Waals surface area contributed by atoms with Gasteiger partial charge in [0.2, 0.25) is 0 Å². The monoisotopic (exact) mass is 371 g/mol. The number of carboxylic acid groups (broad SMARTS) is 1. The smallest absolute Gasteiger partial charge is 0.128 e. The van der Waals surface area contributed by atoms with E-state index in [-0.39, 0.29) is 11.4 Å². The first-order chi connectivity index (χ1) is 12.9. The number of nitrogens with zero attached hydrogens (tertiary/aromatic N) is 1. The Kier molecular flexibility index (Phi) is 6.00. The summed E-state index contributed by atoms with van der Waals surface area (Å²) in [5.74, 6) is -0.680. The zero-order chi connectivity index (χ0) is 19.6. The standard InChI is InChI=1S/C22H29FN2O2/c1-14-8-10-18(11-9-14)24-12-19-15(2)25(16(3)21(19)22(26)27)13-17-6-4-5-7-20(17)23/h4-7,14,18,24H,8-13H2,1-3H3,(H,26,27)/p-1. The SMILES string of the molecule is Cc1c(CNC2CCC(C)CC2)c(C(=O)[O-])c(C)n1Cc1ccccc1F. The average molecular weight is 371 g/mol. The molecule has 3 rings (SSSR count). The maximum Gasteiger partial charge on any atom is 0.128 e. The van der Waals surface area contributed by atoms with Gasteiger partial charge in [0.1, 0.15) is 5.82 Å². The van der Waals surface area contributed by atoms with Crippen LogP contribution in [0.4, 0.5) is 4.39 Å². The predicted molar refractivity (Wildman–Crippen MR) is 102 cm³/mol. The molecule has 1 aliphatic rings. The molecule has 1 aliphatic carbocycles. The third kappa shape index (κ3) is 4.24. The quantitative estimate of drug-likeness (QED) is 0.847. The van der Waals surface area contributed by atoms with Crippen LogP contribution in [0.25, 0.3) is 0 Å². The van der Waals surface area contributed by atoms with Gasteiger partial charge in [-0.1, -0.05) is 25.1 Å². The van der Waals surface area contributed by atoms with E-state index in [9.17, 15) is 14.3 Å². The molecule has 0 radical (unpaired) electrons. The lowest BCUT2D eigenvalue weighted by atomic mass is 9.87. The van der Waals surface area contributed by atoms with Gasteiger partial charge in [0.15, 0.2) is 0 Å². The molecule has 1 saturated carbocycles. The Morgan fingerprint density at radius 3 is 2.48 bits per heavy atom. The Morgan fingerprint density at radius 2 is 1.85 bits per heavy atom. The van der Waals surface area contributed by atoms with Gasteiger partial charge in [-0.15, -0.1) is 0 Å². The van der Waals surface area contributed by atoms with Gasteiger partial charge in [-0.2, -0.15) is 0 Å². The van der Waals surface area contributed by atoms with Crippen molar-refractivity contribution >= 4 is 5.97 Å². The second-order valence-electron chi connectivity index (χ2n) is 7.83. The summed E-state index contributed by atoms with van der Waals surface area (Å²) >= 11 is 0. The summed E-state index contributed by atoms with van der Waals surface area (Å²) in [4.78, 5) is 11.8. The minimum Gasteiger partial charge on any atom is -0.545 e. The lowest BCUT2D eigenvalue weighted by Gasteiger charge is -2.27. The molecule has 0 unspecified atom stereocenters. The molecule has 1 aromatic heterocycles. The highest BCUT2D eigenvalue weighted by Gasteiger charge is 2.22. The number of carbonyl (C=O) groups is 1. The van der Waals surface area contributed by atoms with Crippen molar-refractivity contribution in [1.29, 1.82) is 0 Å². The minimum atomic E-state index is -1.17. The van der Waals surface area contributed by atoms with E-state index in [0.717, 1.165) is 30.0 Å². The first kappa shape index (κ1) is 19.6. The number of benzene rings is 1. The molecule has 0 amide bonds. The molecule has 1 heterocycles. The molecule has 146 valence electrons. The van der Waals surface area contributed by atoms with Crippen LogP contribution in [0.3, 0.4) is 0 Å². The summed E-state index contributed by atoms with van der Waals surface area (Å²) in [7, 11) is 0. The van der Waals surface area contributed by atoms with Gasteiger partial charge in [-0.3, -0.25) is 0 Å². The molecule has 5 heteroatoms. The highest BCUT2D eigenvalue weighted by Crippen LogP contribution is 2.26. The van der Waals surface area contributed by atoms with E-state index in [2.05, 4.69) is 12.2 Å². The van der Waals surface area contributed by atoms with E-state index in [1.807, 2.05) is 11.5 Å². The van der Waals surface area contributed by atoms with E-state index < -0.39 is 5.97 Å². The zero-order valence-electron chi connectivity index (χ0n) is 16.3. The summed E-state index contributed by atoms with van der Waals surface area (Å²) in [6, 6.07) is 7.02. The number of hydrogen-bond donors (Lipinski definition) is 1. The van der Waals surface area contributed by atoms with Gasteiger partial charge in [0, 0.05) is 35.1 Å². The third-order valence-corrected chi connectivity index (χ3v) is 5.98. The molecule has 0 bridgehead atoms. The molecule has 0 spiro atoms. The van der Waals surface area contributed by atoms with Crippen molar-refractivity contribution in [3.05, 3.63) is 58.2 Å². The number of carbonyl (C=O) groups excluding carboxylic acids is 1. The van der Waals surface area contributed by atoms with Gasteiger partial charge < -0.3 is 19.8 Å². The van der Waals surface area contributed by atoms with Crippen LogP contribution in [0.15, 0.2) is 24.3 Å². The van der Waals surface area contributed by atoms with E-state index in [4.69, 9.17) is 0 Å². The van der Waals surface area contributed by atoms with Crippen molar-refractivity contribution in [1.82, 2.24) is 9.88 Å². The molecule has 0 atom stereocenters. The second-order valence-corrected chi connectivity index (χ2v) is 7.83. The number of rotatable bonds is 6. The van der Waals surface area contributed by atoms with Crippen molar-refractivity contribution in [3.63, 3.8) is 0 Å². The van der Waals surface area contributed by atoms with Gasteiger partial charge in [0.25, 0.3) is 0 Å². The van der Waals surface area contributed by atoms with Gasteiger partial charge in [-0.05, 0) is 57.1 Å². The lowest BCUT2D eigenvalue weighted by Crippen LogP contribution is -2.33. The number of aromatic nitrogens is 1. The van der Waals surface area contributed by atoms with Crippen molar-refractivity contribution in [3.8, 4) is 0 Å². The average Bonchev–Trinajstić information content (AvgIpc) is 2.87. The van der Waals surface area contributed by atoms with Crippen molar-refractivity contribution in [2.24, 2.45) is 5.92 Å². The van der Waals surface area contributed by atoms with E-state index in [1.165, 1.54) is 18.9 Å². The first-order valence-electron chi connectivity index (χ1n) is 9.75. The predicted octanol–water partition coefficient (Wildman–Crippen LogP) is 3.32. The van der Waals surface area contributed by atoms with Crippen LogP contribution in [0.1, 0.15) is 65.5 Å². The number of carboxylic acids is 1. The minimum absolute atomic E-state index is 0.237. The zero-order valence-corrected chi connectivity index (χ0v) is 16.3. The molecule has 1 aromatic carbocycles. The van der Waals surface area contributed by atoms with Crippen LogP contribution in [0, 0.1) is 25.6 Å². The molecule has 0 aliphatic heterocycles. The van der Waals surface area contributed by atoms with E-state index in [1.54, 1.807) is 25.1 Å². The lowest BCUT2D eigenvalue weighted by molar-refractivity contribution is -0.255. The molecule has 2 aromatic rings. The third-order valence-electron chi connectivity index (χ3n) is 5.98. The maximum atomic E-state index is 14.1. The van der Waals surface area contributed by atoms with Crippen LogP contribution in [-0.4, -0.2) is 16.6 Å². The first-order valence-corrected chi connectivity index (χ1v) is 9.75. The fraction of sp³-hybridized carbons (Fsp3) is 0.500. The molecular weight excluding hydrogens is 343 g/mol. The largest absolute Gasteiger partial charge is 0.545 e. The van der Waals surface area contributed by atoms with Crippen LogP contribution in [0.5, 0.6) is 0 Å². The van der Waals surface area contributed by atoms with Gasteiger partial charge >= 0.3 is 0 Å². The molecule has 0 saturated heterocycles. The highest BCUT2D eigenvalue weighted by molar-refractivity contribution is 5.89. The Morgan fingerprint density at radius 1 is 1.19 bits per heavy atom. The van der Waals surface area contributed by atoms with E-state index >= 15 is 0 Å². The number of nitrogens with one attached hydrogen (secondary N) is 1. The maximum absolute atomic E-state index is 14.1. The fourth-order valence-corrected chi connectivity index (χ4v) is 4.18. The summed E-state index contributed by atoms with van der Waals surface area (Å²) in [5, 5.41) is 15.3. The molecule has 1 N–H and O–H groups in total. The Labute approximate surface area is 160 Å². The molecular formula is C22H28FN2O2-. The summed E-state index contributed by atoms with van der Waals surface area (Å²) in [6.45, 7) is 6.76. The Hall–Kier alpha value is -2.14. The van der Waals surface area contributed by atoms with Crippen LogP contribution < -0.4 is 10.4 Å². The number of aromatic carboxylic acids is 1. The van der Waals surface area contributed by atoms with Gasteiger partial charge in [-0.25, -0.2) is 4.39 Å². The van der Waals surface area contributed by atoms with Crippen LogP contribution in [-0.2, 0) is 13.1 Å². The second kappa shape index (κ2) is 8.26. The van der Waals surface area contributed by atoms with Crippen molar-refractivity contribution < 1.29 is 14.3 Å². The highest BCUT2D eigenvalue weighted by atomic mass is 19.1. The van der Waals surface area contributed by atoms with E-state index in [0.29, 0.717) is 30.4 Å². The summed E-state index contributed by atoms with van der Waals surface area (Å²) in [6.07, 6.45) is 4.65. The number of hydrogen-bond acceptors (Lipinski definition) is 3. The van der Waals surface area contributed by atoms with Gasteiger partial charge in [0.05, 0.1) is 12.5 Å². The Bertz CT molecular complexity index is 820.